The minimum atomic E-state index is -4.77. The number of fused-ring (bicyclic) bond motifs is 3. The van der Waals surface area contributed by atoms with Gasteiger partial charge in [-0.25, -0.2) is 18.0 Å². The van der Waals surface area contributed by atoms with Crippen LogP contribution in [-0.4, -0.2) is 66.2 Å². The van der Waals surface area contributed by atoms with Crippen LogP contribution in [0.3, 0.4) is 0 Å². The van der Waals surface area contributed by atoms with E-state index in [4.69, 9.17) is 9.84 Å². The van der Waals surface area contributed by atoms with Gasteiger partial charge < -0.3 is 25.0 Å². The molecule has 0 fully saturated rings. The second-order valence-corrected chi connectivity index (χ2v) is 11.0. The van der Waals surface area contributed by atoms with Gasteiger partial charge in [-0.15, -0.1) is 0 Å². The van der Waals surface area contributed by atoms with E-state index in [2.05, 4.69) is 23.3 Å². The van der Waals surface area contributed by atoms with Gasteiger partial charge in [0, 0.05) is 17.4 Å². The van der Waals surface area contributed by atoms with Crippen LogP contribution in [-0.2, 0) is 23.5 Å². The van der Waals surface area contributed by atoms with Gasteiger partial charge in [0.1, 0.15) is 27.8 Å². The Balaban J connectivity index is 0.00000432. The summed E-state index contributed by atoms with van der Waals surface area (Å²) in [7, 11) is -4.87. The van der Waals surface area contributed by atoms with Gasteiger partial charge in [-0.1, -0.05) is 48.5 Å². The van der Waals surface area contributed by atoms with Crippen molar-refractivity contribution in [2.24, 2.45) is 0 Å². The van der Waals surface area contributed by atoms with Crippen molar-refractivity contribution in [1.29, 1.82) is 0 Å². The van der Waals surface area contributed by atoms with Crippen molar-refractivity contribution in [2.75, 3.05) is 18.1 Å². The molecule has 3 rings (SSSR count). The molecule has 0 saturated carbocycles. The summed E-state index contributed by atoms with van der Waals surface area (Å²) in [4.78, 5) is 36.1. The number of hydrogen-bond acceptors (Lipinski definition) is 9. The number of hydrogen-bond donors (Lipinski definition) is 4. The van der Waals surface area contributed by atoms with Gasteiger partial charge in [-0.2, -0.15) is 12.6 Å². The van der Waals surface area contributed by atoms with E-state index in [9.17, 15) is 27.4 Å². The first-order valence-electron chi connectivity index (χ1n) is 9.96. The van der Waals surface area contributed by atoms with Gasteiger partial charge in [-0.05, 0) is 33.0 Å². The fourth-order valence-corrected chi connectivity index (χ4v) is 5.27. The summed E-state index contributed by atoms with van der Waals surface area (Å²) in [6.07, 6.45) is -1.02. The van der Waals surface area contributed by atoms with Crippen LogP contribution in [0.5, 0.6) is 0 Å². The Morgan fingerprint density at radius 3 is 2.06 bits per heavy atom. The fourth-order valence-electron chi connectivity index (χ4n) is 3.57. The number of amides is 2. The normalized spacial score (nSPS) is 14.0. The molecule has 0 aliphatic heterocycles. The minimum Gasteiger partial charge on any atom is -0.739 e. The molecule has 10 nitrogen and oxygen atoms in total. The monoisotopic (exact) mass is 548 g/mol. The van der Waals surface area contributed by atoms with Gasteiger partial charge in [0.15, 0.2) is 0 Å². The zero-order valence-electron chi connectivity index (χ0n) is 18.5. The van der Waals surface area contributed by atoms with E-state index in [1.165, 1.54) is 0 Å². The maximum atomic E-state index is 12.5. The molecule has 1 aliphatic rings. The topological polar surface area (TPSA) is 162 Å². The molecule has 35 heavy (non-hydrogen) atoms. The number of benzene rings is 2. The quantitative estimate of drug-likeness (QED) is 0.121. The smallest absolute Gasteiger partial charge is 0.739 e. The summed E-state index contributed by atoms with van der Waals surface area (Å²) < 4.78 is 38.3. The van der Waals surface area contributed by atoms with Crippen LogP contribution in [0.4, 0.5) is 4.79 Å². The number of aliphatic carboxylic acids is 1. The second-order valence-electron chi connectivity index (χ2n) is 7.30. The zero-order valence-corrected chi connectivity index (χ0v) is 23.1. The maximum absolute atomic E-state index is 12.5. The number of rotatable bonds is 10. The summed E-state index contributed by atoms with van der Waals surface area (Å²) in [5.41, 5.74) is 3.98. The van der Waals surface area contributed by atoms with E-state index in [0.29, 0.717) is 0 Å². The molecule has 2 aromatic carbocycles. The molecule has 0 heterocycles. The van der Waals surface area contributed by atoms with Crippen LogP contribution in [0.1, 0.15) is 17.0 Å². The average molecular weight is 549 g/mol. The number of thiol groups is 1. The van der Waals surface area contributed by atoms with Crippen LogP contribution in [0.25, 0.3) is 11.1 Å². The number of nitrogens with one attached hydrogen (secondary N) is 2. The van der Waals surface area contributed by atoms with Crippen molar-refractivity contribution in [3.05, 3.63) is 59.7 Å². The Morgan fingerprint density at radius 1 is 1.03 bits per heavy atom. The number of carboxylic acids is 1. The first-order chi connectivity index (χ1) is 16.1. The molecule has 182 valence electrons. The van der Waals surface area contributed by atoms with Crippen LogP contribution in [0.15, 0.2) is 48.5 Å². The third kappa shape index (κ3) is 7.87. The molecule has 0 aromatic heterocycles. The van der Waals surface area contributed by atoms with E-state index in [0.717, 1.165) is 22.3 Å². The Morgan fingerprint density at radius 2 is 1.57 bits per heavy atom. The van der Waals surface area contributed by atoms with Gasteiger partial charge >= 0.3 is 41.6 Å². The Kier molecular flexibility index (Phi) is 10.9. The van der Waals surface area contributed by atoms with Crippen LogP contribution in [0.2, 0.25) is 0 Å². The molecule has 2 atom stereocenters. The molecule has 0 spiro atoms. The molecule has 0 radical (unpaired) electrons. The Labute approximate surface area is 233 Å². The van der Waals surface area contributed by atoms with Crippen molar-refractivity contribution in [3.63, 3.8) is 0 Å². The van der Waals surface area contributed by atoms with Crippen molar-refractivity contribution in [2.45, 2.75) is 18.0 Å². The molecule has 3 N–H and O–H groups in total. The molecule has 0 bridgehead atoms. The molecular weight excluding hydrogens is 527 g/mol. The minimum absolute atomic E-state index is 0. The maximum Gasteiger partial charge on any atom is 1.00 e. The van der Waals surface area contributed by atoms with Gasteiger partial charge in [0.2, 0.25) is 5.91 Å². The molecule has 14 heteroatoms. The van der Waals surface area contributed by atoms with Crippen LogP contribution in [0, 0.1) is 0 Å². The summed E-state index contributed by atoms with van der Waals surface area (Å²) in [6.45, 7) is -0.0599. The number of alkyl carbamates (subject to hydrolysis) is 1. The van der Waals surface area contributed by atoms with E-state index in [1.54, 1.807) is 0 Å². The number of carbonyl (C=O) groups excluding carboxylic acids is 2. The third-order valence-corrected chi connectivity index (χ3v) is 7.53. The molecule has 2 aromatic rings. The van der Waals surface area contributed by atoms with E-state index in [-0.39, 0.29) is 58.6 Å². The predicted octanol–water partition coefficient (Wildman–Crippen LogP) is -1.41. The zero-order chi connectivity index (χ0) is 24.9. The van der Waals surface area contributed by atoms with E-state index < -0.39 is 45.0 Å². The predicted molar refractivity (Wildman–Crippen MR) is 128 cm³/mol. The van der Waals surface area contributed by atoms with Crippen molar-refractivity contribution < 1.29 is 66.8 Å². The van der Waals surface area contributed by atoms with Crippen molar-refractivity contribution in [3.8, 4) is 11.1 Å². The standard InChI is InChI=1S/C21H22N2O8S3.Na/c24-19(22-17(10-32)20(25)26)18(11-33-34(28,29)30)23-21(27)31-9-16-14-7-3-1-5-12(14)13-6-2-4-8-15(13)16;/h1-8,16-18,32H,9-11H2,(H,22,24)(H,23,27)(H,25,26)(H,28,29,30);/q;+1/p-1/t17-,18-;/m0./s1. The Bertz CT molecular complexity index is 1150. The molecule has 0 unspecified atom stereocenters. The average Bonchev–Trinajstić information content (AvgIpc) is 3.11. The fraction of sp³-hybridized carbons (Fsp3) is 0.286. The number of carbonyl (C=O) groups is 3. The summed E-state index contributed by atoms with van der Waals surface area (Å²) >= 11 is 3.84. The number of ether oxygens (including phenoxy) is 1. The SMILES string of the molecule is O=C(N[C@@H](CSS(=O)(=O)[O-])C(=O)N[C@@H](CS)C(=O)O)OCC1c2ccccc2-c2ccccc21.[Na+]. The van der Waals surface area contributed by atoms with Gasteiger partial charge in [0.05, 0.1) is 0 Å². The van der Waals surface area contributed by atoms with E-state index in [1.807, 2.05) is 48.5 Å². The van der Waals surface area contributed by atoms with Crippen molar-refractivity contribution in [1.82, 2.24) is 10.6 Å². The molecule has 0 saturated heterocycles. The molecule has 1 aliphatic carbocycles. The summed E-state index contributed by atoms with van der Waals surface area (Å²) in [6, 6.07) is 12.4. The molecular formula is C21H21N2NaO8S3. The first-order valence-corrected chi connectivity index (χ1v) is 13.5. The largest absolute Gasteiger partial charge is 1.00 e. The summed E-state index contributed by atoms with van der Waals surface area (Å²) in [5.74, 6) is -3.49. The Hall–Kier alpha value is -1.74. The van der Waals surface area contributed by atoms with Crippen molar-refractivity contribution >= 4 is 50.5 Å². The van der Waals surface area contributed by atoms with Gasteiger partial charge in [0.25, 0.3) is 0 Å². The summed E-state index contributed by atoms with van der Waals surface area (Å²) in [5, 5.41) is 13.4. The second kappa shape index (κ2) is 13.0. The van der Waals surface area contributed by atoms with Gasteiger partial charge in [-0.3, -0.25) is 4.79 Å². The first kappa shape index (κ1) is 29.5. The number of carboxylic acid groups (broad SMARTS) is 1. The molecule has 2 amide bonds. The third-order valence-electron chi connectivity index (χ3n) is 5.13. The van der Waals surface area contributed by atoms with Crippen LogP contribution < -0.4 is 40.2 Å². The van der Waals surface area contributed by atoms with Crippen LogP contribution >= 0.6 is 23.4 Å². The van der Waals surface area contributed by atoms with E-state index >= 15 is 0 Å².